The van der Waals surface area contributed by atoms with Gasteiger partial charge in [0.15, 0.2) is 0 Å². The van der Waals surface area contributed by atoms with Crippen molar-refractivity contribution in [3.63, 3.8) is 0 Å². The Morgan fingerprint density at radius 3 is 2.70 bits per heavy atom. The maximum atomic E-state index is 5.39. The van der Waals surface area contributed by atoms with Crippen molar-refractivity contribution in [2.24, 2.45) is 11.7 Å². The molecule has 0 aromatic carbocycles. The molecule has 1 fully saturated rings. The van der Waals surface area contributed by atoms with Gasteiger partial charge in [-0.15, -0.1) is 0 Å². The summed E-state index contributed by atoms with van der Waals surface area (Å²) >= 11 is 0. The standard InChI is InChI=1S/C9H17N/c1-8(4-3-7-10)9-5-2-6-9/h4,9H,2-3,5-7,10H2,1H3. The Labute approximate surface area is 63.3 Å². The van der Waals surface area contributed by atoms with Crippen LogP contribution in [0.4, 0.5) is 0 Å². The van der Waals surface area contributed by atoms with Crippen LogP contribution in [0.15, 0.2) is 11.6 Å². The molecule has 0 aromatic rings. The van der Waals surface area contributed by atoms with Gasteiger partial charge in [0.2, 0.25) is 0 Å². The highest BCUT2D eigenvalue weighted by molar-refractivity contribution is 5.06. The lowest BCUT2D eigenvalue weighted by atomic mass is 9.80. The van der Waals surface area contributed by atoms with Crippen LogP contribution in [0.2, 0.25) is 0 Å². The Balaban J connectivity index is 2.23. The van der Waals surface area contributed by atoms with Crippen LogP contribution in [0.3, 0.4) is 0 Å². The largest absolute Gasteiger partial charge is 0.330 e. The van der Waals surface area contributed by atoms with Crippen molar-refractivity contribution in [3.05, 3.63) is 11.6 Å². The van der Waals surface area contributed by atoms with Crippen molar-refractivity contribution in [1.29, 1.82) is 0 Å². The molecule has 10 heavy (non-hydrogen) atoms. The van der Waals surface area contributed by atoms with Crippen molar-refractivity contribution in [1.82, 2.24) is 0 Å². The predicted molar refractivity (Wildman–Crippen MR) is 44.8 cm³/mol. The Bertz CT molecular complexity index is 123. The van der Waals surface area contributed by atoms with Crippen molar-refractivity contribution < 1.29 is 0 Å². The lowest BCUT2D eigenvalue weighted by molar-refractivity contribution is 0.367. The summed E-state index contributed by atoms with van der Waals surface area (Å²) in [6.07, 6.45) is 7.60. The molecule has 1 heteroatoms. The van der Waals surface area contributed by atoms with Gasteiger partial charge in [-0.2, -0.15) is 0 Å². The fourth-order valence-corrected chi connectivity index (χ4v) is 1.34. The van der Waals surface area contributed by atoms with Gasteiger partial charge in [-0.05, 0) is 38.6 Å². The molecule has 0 bridgehead atoms. The Kier molecular flexibility index (Phi) is 2.94. The fourth-order valence-electron chi connectivity index (χ4n) is 1.34. The first-order valence-electron chi connectivity index (χ1n) is 4.21. The van der Waals surface area contributed by atoms with Crippen LogP contribution in [0.25, 0.3) is 0 Å². The van der Waals surface area contributed by atoms with E-state index in [-0.39, 0.29) is 0 Å². The maximum Gasteiger partial charge on any atom is -0.00425 e. The smallest absolute Gasteiger partial charge is 0.00425 e. The molecule has 0 spiro atoms. The van der Waals surface area contributed by atoms with E-state index in [9.17, 15) is 0 Å². The zero-order valence-corrected chi connectivity index (χ0v) is 6.77. The van der Waals surface area contributed by atoms with Gasteiger partial charge >= 0.3 is 0 Å². The highest BCUT2D eigenvalue weighted by Gasteiger charge is 2.17. The van der Waals surface area contributed by atoms with E-state index in [0.29, 0.717) is 0 Å². The molecule has 0 amide bonds. The van der Waals surface area contributed by atoms with E-state index in [1.807, 2.05) is 0 Å². The van der Waals surface area contributed by atoms with Gasteiger partial charge in [-0.1, -0.05) is 18.1 Å². The number of hydrogen-bond donors (Lipinski definition) is 1. The summed E-state index contributed by atoms with van der Waals surface area (Å²) in [5, 5.41) is 0. The van der Waals surface area contributed by atoms with Gasteiger partial charge in [0, 0.05) is 0 Å². The number of allylic oxidation sites excluding steroid dienone is 1. The Morgan fingerprint density at radius 1 is 1.60 bits per heavy atom. The topological polar surface area (TPSA) is 26.0 Å². The maximum absolute atomic E-state index is 5.39. The minimum atomic E-state index is 0.796. The molecule has 2 N–H and O–H groups in total. The lowest BCUT2D eigenvalue weighted by Crippen LogP contribution is -2.12. The van der Waals surface area contributed by atoms with Gasteiger partial charge in [-0.25, -0.2) is 0 Å². The number of hydrogen-bond acceptors (Lipinski definition) is 1. The summed E-state index contributed by atoms with van der Waals surface area (Å²) in [5.74, 6) is 0.909. The molecule has 1 aliphatic carbocycles. The molecule has 0 saturated heterocycles. The summed E-state index contributed by atoms with van der Waals surface area (Å²) in [6, 6.07) is 0. The normalized spacial score (nSPS) is 20.8. The average Bonchev–Trinajstić information content (AvgIpc) is 1.79. The van der Waals surface area contributed by atoms with Crippen LogP contribution < -0.4 is 5.73 Å². The van der Waals surface area contributed by atoms with Crippen molar-refractivity contribution >= 4 is 0 Å². The molecule has 1 nitrogen and oxygen atoms in total. The van der Waals surface area contributed by atoms with E-state index in [0.717, 1.165) is 18.9 Å². The molecule has 0 radical (unpaired) electrons. The quantitative estimate of drug-likeness (QED) is 0.595. The summed E-state index contributed by atoms with van der Waals surface area (Å²) < 4.78 is 0. The zero-order valence-electron chi connectivity index (χ0n) is 6.77. The highest BCUT2D eigenvalue weighted by atomic mass is 14.5. The molecular weight excluding hydrogens is 122 g/mol. The monoisotopic (exact) mass is 139 g/mol. The molecule has 1 aliphatic rings. The van der Waals surface area contributed by atoms with Crippen LogP contribution in [-0.4, -0.2) is 6.54 Å². The summed E-state index contributed by atoms with van der Waals surface area (Å²) in [4.78, 5) is 0. The van der Waals surface area contributed by atoms with Crippen molar-refractivity contribution in [2.45, 2.75) is 32.6 Å². The summed E-state index contributed by atoms with van der Waals surface area (Å²) in [5.41, 5.74) is 6.96. The number of nitrogens with two attached hydrogens (primary N) is 1. The first kappa shape index (κ1) is 7.80. The first-order valence-corrected chi connectivity index (χ1v) is 4.21. The van der Waals surface area contributed by atoms with Crippen LogP contribution in [-0.2, 0) is 0 Å². The minimum Gasteiger partial charge on any atom is -0.330 e. The minimum absolute atomic E-state index is 0.796. The van der Waals surface area contributed by atoms with Crippen LogP contribution >= 0.6 is 0 Å². The molecule has 0 unspecified atom stereocenters. The summed E-state index contributed by atoms with van der Waals surface area (Å²) in [6.45, 7) is 3.03. The van der Waals surface area contributed by atoms with Crippen LogP contribution in [0.5, 0.6) is 0 Å². The van der Waals surface area contributed by atoms with Gasteiger partial charge in [0.05, 0.1) is 0 Å². The Morgan fingerprint density at radius 2 is 2.30 bits per heavy atom. The van der Waals surface area contributed by atoms with E-state index in [1.165, 1.54) is 19.3 Å². The molecular formula is C9H17N. The second-order valence-electron chi connectivity index (χ2n) is 3.15. The van der Waals surface area contributed by atoms with E-state index >= 15 is 0 Å². The molecule has 0 heterocycles. The van der Waals surface area contributed by atoms with Crippen molar-refractivity contribution in [3.8, 4) is 0 Å². The van der Waals surface area contributed by atoms with Gasteiger partial charge in [0.1, 0.15) is 0 Å². The third-order valence-corrected chi connectivity index (χ3v) is 2.38. The Hall–Kier alpha value is -0.300. The lowest BCUT2D eigenvalue weighted by Gasteiger charge is -2.26. The second kappa shape index (κ2) is 3.77. The molecule has 1 rings (SSSR count). The van der Waals surface area contributed by atoms with E-state index < -0.39 is 0 Å². The fraction of sp³-hybridized carbons (Fsp3) is 0.778. The number of rotatable bonds is 3. The third kappa shape index (κ3) is 1.84. The summed E-state index contributed by atoms with van der Waals surface area (Å²) in [7, 11) is 0. The van der Waals surface area contributed by atoms with Crippen LogP contribution in [0, 0.1) is 5.92 Å². The SMILES string of the molecule is CC(=CCCN)C1CCC1. The van der Waals surface area contributed by atoms with E-state index in [4.69, 9.17) is 5.73 Å². The molecule has 58 valence electrons. The second-order valence-corrected chi connectivity index (χ2v) is 3.15. The molecule has 1 saturated carbocycles. The molecule has 0 atom stereocenters. The predicted octanol–water partition coefficient (Wildman–Crippen LogP) is 2.08. The van der Waals surface area contributed by atoms with Gasteiger partial charge in [0.25, 0.3) is 0 Å². The van der Waals surface area contributed by atoms with Gasteiger partial charge in [-0.3, -0.25) is 0 Å². The van der Waals surface area contributed by atoms with E-state index in [1.54, 1.807) is 5.57 Å². The third-order valence-electron chi connectivity index (χ3n) is 2.38. The molecule has 0 aromatic heterocycles. The zero-order chi connectivity index (χ0) is 7.40. The first-order chi connectivity index (χ1) is 4.84. The van der Waals surface area contributed by atoms with Crippen molar-refractivity contribution in [2.75, 3.05) is 6.54 Å². The van der Waals surface area contributed by atoms with Crippen LogP contribution in [0.1, 0.15) is 32.6 Å². The highest BCUT2D eigenvalue weighted by Crippen LogP contribution is 2.32. The molecule has 0 aliphatic heterocycles. The van der Waals surface area contributed by atoms with Gasteiger partial charge < -0.3 is 5.73 Å². The van der Waals surface area contributed by atoms with E-state index in [2.05, 4.69) is 13.0 Å². The average molecular weight is 139 g/mol.